The molecular formula is C15H23NO2. The van der Waals surface area contributed by atoms with Gasteiger partial charge in [0.2, 0.25) is 0 Å². The third-order valence-corrected chi connectivity index (χ3v) is 3.43. The second-order valence-electron chi connectivity index (χ2n) is 4.86. The molecule has 1 aliphatic rings. The summed E-state index contributed by atoms with van der Waals surface area (Å²) < 4.78 is 5.51. The molecule has 18 heavy (non-hydrogen) atoms. The summed E-state index contributed by atoms with van der Waals surface area (Å²) in [5.41, 5.74) is 2.72. The van der Waals surface area contributed by atoms with Gasteiger partial charge >= 0.3 is 0 Å². The van der Waals surface area contributed by atoms with Crippen molar-refractivity contribution in [2.75, 3.05) is 32.8 Å². The van der Waals surface area contributed by atoms with Gasteiger partial charge in [0.1, 0.15) is 5.75 Å². The van der Waals surface area contributed by atoms with E-state index in [1.54, 1.807) is 0 Å². The van der Waals surface area contributed by atoms with Gasteiger partial charge in [-0.1, -0.05) is 19.1 Å². The van der Waals surface area contributed by atoms with Crippen molar-refractivity contribution < 1.29 is 9.84 Å². The number of aliphatic hydroxyl groups is 1. The van der Waals surface area contributed by atoms with Gasteiger partial charge in [0, 0.05) is 19.5 Å². The first-order valence-electron chi connectivity index (χ1n) is 6.91. The van der Waals surface area contributed by atoms with Crippen molar-refractivity contribution in [3.63, 3.8) is 0 Å². The number of hydrogen-bond donors (Lipinski definition) is 1. The Bertz CT molecular complexity index is 373. The molecule has 1 aliphatic heterocycles. The van der Waals surface area contributed by atoms with Crippen LogP contribution in [0.5, 0.6) is 5.75 Å². The molecule has 0 bridgehead atoms. The van der Waals surface area contributed by atoms with Crippen LogP contribution in [0.3, 0.4) is 0 Å². The van der Waals surface area contributed by atoms with Crippen LogP contribution < -0.4 is 4.74 Å². The van der Waals surface area contributed by atoms with Gasteiger partial charge in [-0.15, -0.1) is 0 Å². The van der Waals surface area contributed by atoms with Crippen LogP contribution in [-0.4, -0.2) is 42.9 Å². The summed E-state index contributed by atoms with van der Waals surface area (Å²) in [5.74, 6) is 1.06. The van der Waals surface area contributed by atoms with Gasteiger partial charge in [-0.05, 0) is 36.6 Å². The normalized spacial score (nSPS) is 13.7. The highest BCUT2D eigenvalue weighted by Gasteiger charge is 2.12. The minimum atomic E-state index is 0.248. The molecule has 1 N–H and O–H groups in total. The SMILES string of the molecule is CCCN(CCO)CCc1ccc2c(c1)CCO2. The Morgan fingerprint density at radius 2 is 2.17 bits per heavy atom. The van der Waals surface area contributed by atoms with E-state index in [2.05, 4.69) is 30.0 Å². The molecule has 3 nitrogen and oxygen atoms in total. The minimum absolute atomic E-state index is 0.248. The molecule has 0 aromatic heterocycles. The molecule has 2 rings (SSSR count). The van der Waals surface area contributed by atoms with Crippen molar-refractivity contribution in [1.29, 1.82) is 0 Å². The quantitative estimate of drug-likeness (QED) is 0.800. The molecular weight excluding hydrogens is 226 g/mol. The molecule has 0 fully saturated rings. The van der Waals surface area contributed by atoms with E-state index < -0.39 is 0 Å². The lowest BCUT2D eigenvalue weighted by Crippen LogP contribution is -2.29. The van der Waals surface area contributed by atoms with Crippen molar-refractivity contribution in [3.8, 4) is 5.75 Å². The fraction of sp³-hybridized carbons (Fsp3) is 0.600. The molecule has 1 aromatic carbocycles. The summed E-state index contributed by atoms with van der Waals surface area (Å²) in [6.45, 7) is 6.12. The Hall–Kier alpha value is -1.06. The summed E-state index contributed by atoms with van der Waals surface area (Å²) in [6.07, 6.45) is 3.23. The van der Waals surface area contributed by atoms with Gasteiger partial charge in [0.15, 0.2) is 0 Å². The Labute approximate surface area is 109 Å². The van der Waals surface area contributed by atoms with Crippen LogP contribution in [0, 0.1) is 0 Å². The third kappa shape index (κ3) is 3.47. The number of hydrogen-bond acceptors (Lipinski definition) is 3. The van der Waals surface area contributed by atoms with Crippen LogP contribution in [0.1, 0.15) is 24.5 Å². The van der Waals surface area contributed by atoms with Crippen LogP contribution in [0.4, 0.5) is 0 Å². The molecule has 0 aliphatic carbocycles. The maximum Gasteiger partial charge on any atom is 0.122 e. The second-order valence-corrected chi connectivity index (χ2v) is 4.86. The molecule has 100 valence electrons. The zero-order valence-electron chi connectivity index (χ0n) is 11.2. The Kier molecular flexibility index (Phi) is 5.02. The summed E-state index contributed by atoms with van der Waals surface area (Å²) in [4.78, 5) is 2.32. The van der Waals surface area contributed by atoms with Crippen molar-refractivity contribution in [3.05, 3.63) is 29.3 Å². The van der Waals surface area contributed by atoms with Crippen LogP contribution in [0.15, 0.2) is 18.2 Å². The highest BCUT2D eigenvalue weighted by Crippen LogP contribution is 2.26. The van der Waals surface area contributed by atoms with Crippen LogP contribution in [-0.2, 0) is 12.8 Å². The first-order chi connectivity index (χ1) is 8.83. The average Bonchev–Trinajstić information content (AvgIpc) is 2.84. The molecule has 3 heteroatoms. The predicted octanol–water partition coefficient (Wildman–Crippen LogP) is 1.87. The third-order valence-electron chi connectivity index (χ3n) is 3.43. The summed E-state index contributed by atoms with van der Waals surface area (Å²) in [5, 5.41) is 9.03. The van der Waals surface area contributed by atoms with E-state index in [1.165, 1.54) is 11.1 Å². The number of aliphatic hydroxyl groups excluding tert-OH is 1. The maximum atomic E-state index is 9.03. The van der Waals surface area contributed by atoms with Gasteiger partial charge < -0.3 is 14.7 Å². The Morgan fingerprint density at radius 3 is 2.94 bits per heavy atom. The lowest BCUT2D eigenvalue weighted by molar-refractivity contribution is 0.197. The fourth-order valence-electron chi connectivity index (χ4n) is 2.48. The summed E-state index contributed by atoms with van der Waals surface area (Å²) >= 11 is 0. The van der Waals surface area contributed by atoms with E-state index in [0.29, 0.717) is 0 Å². The van der Waals surface area contributed by atoms with E-state index in [4.69, 9.17) is 9.84 Å². The summed E-state index contributed by atoms with van der Waals surface area (Å²) in [6, 6.07) is 6.52. The highest BCUT2D eigenvalue weighted by molar-refractivity contribution is 5.39. The topological polar surface area (TPSA) is 32.7 Å². The van der Waals surface area contributed by atoms with E-state index in [9.17, 15) is 0 Å². The maximum absolute atomic E-state index is 9.03. The number of fused-ring (bicyclic) bond motifs is 1. The lowest BCUT2D eigenvalue weighted by Gasteiger charge is -2.20. The molecule has 0 saturated carbocycles. The molecule has 0 spiro atoms. The lowest BCUT2D eigenvalue weighted by atomic mass is 10.1. The van der Waals surface area contributed by atoms with Gasteiger partial charge in [0.25, 0.3) is 0 Å². The Morgan fingerprint density at radius 1 is 1.28 bits per heavy atom. The standard InChI is InChI=1S/C15H23NO2/c1-2-7-16(9-10-17)8-5-13-3-4-15-14(12-13)6-11-18-15/h3-4,12,17H,2,5-11H2,1H3. The molecule has 0 unspecified atom stereocenters. The zero-order valence-corrected chi connectivity index (χ0v) is 11.2. The van der Waals surface area contributed by atoms with Crippen molar-refractivity contribution in [2.24, 2.45) is 0 Å². The molecule has 1 heterocycles. The van der Waals surface area contributed by atoms with Crippen molar-refractivity contribution in [1.82, 2.24) is 4.90 Å². The largest absolute Gasteiger partial charge is 0.493 e. The van der Waals surface area contributed by atoms with E-state index in [0.717, 1.165) is 51.3 Å². The number of benzene rings is 1. The molecule has 0 radical (unpaired) electrons. The van der Waals surface area contributed by atoms with Gasteiger partial charge in [-0.25, -0.2) is 0 Å². The molecule has 0 atom stereocenters. The highest BCUT2D eigenvalue weighted by atomic mass is 16.5. The van der Waals surface area contributed by atoms with Crippen molar-refractivity contribution in [2.45, 2.75) is 26.2 Å². The second kappa shape index (κ2) is 6.76. The number of ether oxygens (including phenoxy) is 1. The molecule has 0 saturated heterocycles. The average molecular weight is 249 g/mol. The fourth-order valence-corrected chi connectivity index (χ4v) is 2.48. The van der Waals surface area contributed by atoms with Crippen LogP contribution >= 0.6 is 0 Å². The summed E-state index contributed by atoms with van der Waals surface area (Å²) in [7, 11) is 0. The smallest absolute Gasteiger partial charge is 0.122 e. The number of rotatable bonds is 7. The monoisotopic (exact) mass is 249 g/mol. The van der Waals surface area contributed by atoms with Gasteiger partial charge in [0.05, 0.1) is 13.2 Å². The van der Waals surface area contributed by atoms with Crippen LogP contribution in [0.2, 0.25) is 0 Å². The minimum Gasteiger partial charge on any atom is -0.493 e. The van der Waals surface area contributed by atoms with E-state index in [1.807, 2.05) is 0 Å². The first kappa shape index (κ1) is 13.4. The van der Waals surface area contributed by atoms with Gasteiger partial charge in [-0.2, -0.15) is 0 Å². The van der Waals surface area contributed by atoms with Gasteiger partial charge in [-0.3, -0.25) is 0 Å². The molecule has 0 amide bonds. The number of nitrogens with zero attached hydrogens (tertiary/aromatic N) is 1. The van der Waals surface area contributed by atoms with Crippen molar-refractivity contribution >= 4 is 0 Å². The zero-order chi connectivity index (χ0) is 12.8. The van der Waals surface area contributed by atoms with E-state index in [-0.39, 0.29) is 6.61 Å². The molecule has 1 aromatic rings. The van der Waals surface area contributed by atoms with Crippen LogP contribution in [0.25, 0.3) is 0 Å². The Balaban J connectivity index is 1.88. The first-order valence-corrected chi connectivity index (χ1v) is 6.91. The van der Waals surface area contributed by atoms with E-state index >= 15 is 0 Å². The predicted molar refractivity (Wildman–Crippen MR) is 73.2 cm³/mol.